The van der Waals surface area contributed by atoms with Crippen LogP contribution in [0.1, 0.15) is 33.3 Å². The molecular formula is C30H35ClFN3O5S. The number of amides is 2. The maximum absolute atomic E-state index is 13.9. The van der Waals surface area contributed by atoms with Crippen LogP contribution in [0.5, 0.6) is 5.75 Å². The number of anilines is 1. The molecule has 0 aliphatic rings. The Morgan fingerprint density at radius 2 is 1.61 bits per heavy atom. The average molecular weight is 604 g/mol. The fourth-order valence-electron chi connectivity index (χ4n) is 3.98. The third-order valence-electron chi connectivity index (χ3n) is 6.27. The minimum atomic E-state index is -4.29. The molecule has 220 valence electrons. The molecule has 1 unspecified atom stereocenters. The van der Waals surface area contributed by atoms with E-state index in [9.17, 15) is 22.4 Å². The number of sulfonamides is 1. The van der Waals surface area contributed by atoms with Crippen LogP contribution in [0.15, 0.2) is 77.7 Å². The first kappa shape index (κ1) is 31.9. The van der Waals surface area contributed by atoms with Gasteiger partial charge in [-0.1, -0.05) is 43.6 Å². The monoisotopic (exact) mass is 603 g/mol. The fourth-order valence-corrected chi connectivity index (χ4v) is 5.59. The van der Waals surface area contributed by atoms with Gasteiger partial charge in [0.2, 0.25) is 11.8 Å². The standard InChI is InChI=1S/C30H35ClFN3O5S/c1-5-40-26-14-16-27(17-15-26)41(38,39)35(25-12-10-24(32)11-13-25)20-29(36)34(19-23-8-6-7-9-28(23)31)22(4)30(37)33-18-21(2)3/h6-17,21-22H,5,18-20H2,1-4H3,(H,33,37). The first-order valence-corrected chi connectivity index (χ1v) is 15.1. The van der Waals surface area contributed by atoms with E-state index in [0.29, 0.717) is 29.5 Å². The highest BCUT2D eigenvalue weighted by Gasteiger charge is 2.33. The molecule has 3 aromatic carbocycles. The molecule has 0 saturated heterocycles. The van der Waals surface area contributed by atoms with Gasteiger partial charge in [0.15, 0.2) is 0 Å². The van der Waals surface area contributed by atoms with Crippen LogP contribution in [0.25, 0.3) is 0 Å². The topological polar surface area (TPSA) is 96.0 Å². The summed E-state index contributed by atoms with van der Waals surface area (Å²) in [7, 11) is -4.29. The molecule has 8 nitrogen and oxygen atoms in total. The lowest BCUT2D eigenvalue weighted by Gasteiger charge is -2.32. The van der Waals surface area contributed by atoms with Gasteiger partial charge in [0.05, 0.1) is 17.2 Å². The predicted octanol–water partition coefficient (Wildman–Crippen LogP) is 5.26. The number of carbonyl (C=O) groups excluding carboxylic acids is 2. The molecule has 1 N–H and O–H groups in total. The van der Waals surface area contributed by atoms with Crippen LogP contribution in [-0.2, 0) is 26.2 Å². The Bertz CT molecular complexity index is 1430. The van der Waals surface area contributed by atoms with Crippen LogP contribution in [0.4, 0.5) is 10.1 Å². The molecule has 0 heterocycles. The Balaban J connectivity index is 2.01. The van der Waals surface area contributed by atoms with Gasteiger partial charge in [-0.3, -0.25) is 13.9 Å². The van der Waals surface area contributed by atoms with Gasteiger partial charge in [-0.25, -0.2) is 12.8 Å². The molecule has 3 rings (SSSR count). The lowest BCUT2D eigenvalue weighted by molar-refractivity contribution is -0.139. The lowest BCUT2D eigenvalue weighted by atomic mass is 10.1. The van der Waals surface area contributed by atoms with Crippen molar-refractivity contribution in [3.8, 4) is 5.75 Å². The SMILES string of the molecule is CCOc1ccc(S(=O)(=O)N(CC(=O)N(Cc2ccccc2Cl)C(C)C(=O)NCC(C)C)c2ccc(F)cc2)cc1. The zero-order valence-electron chi connectivity index (χ0n) is 23.5. The van der Waals surface area contributed by atoms with Gasteiger partial charge in [-0.2, -0.15) is 0 Å². The van der Waals surface area contributed by atoms with E-state index in [-0.39, 0.29) is 29.0 Å². The van der Waals surface area contributed by atoms with E-state index in [1.54, 1.807) is 31.2 Å². The highest BCUT2D eigenvalue weighted by Crippen LogP contribution is 2.27. The van der Waals surface area contributed by atoms with Crippen molar-refractivity contribution in [2.24, 2.45) is 5.92 Å². The Morgan fingerprint density at radius 3 is 2.20 bits per heavy atom. The quantitative estimate of drug-likeness (QED) is 0.287. The van der Waals surface area contributed by atoms with Gasteiger partial charge in [0.1, 0.15) is 24.2 Å². The molecule has 0 radical (unpaired) electrons. The Kier molecular flexibility index (Phi) is 11.1. The number of ether oxygens (including phenoxy) is 1. The second kappa shape index (κ2) is 14.3. The van der Waals surface area contributed by atoms with Crippen molar-refractivity contribution >= 4 is 39.1 Å². The highest BCUT2D eigenvalue weighted by molar-refractivity contribution is 7.92. The van der Waals surface area contributed by atoms with Crippen LogP contribution >= 0.6 is 11.6 Å². The van der Waals surface area contributed by atoms with E-state index >= 15 is 0 Å². The van der Waals surface area contributed by atoms with Crippen molar-refractivity contribution in [1.82, 2.24) is 10.2 Å². The molecule has 0 aliphatic carbocycles. The molecule has 41 heavy (non-hydrogen) atoms. The van der Waals surface area contributed by atoms with Crippen molar-refractivity contribution in [3.63, 3.8) is 0 Å². The zero-order chi connectivity index (χ0) is 30.2. The van der Waals surface area contributed by atoms with Crippen LogP contribution in [0.2, 0.25) is 5.02 Å². The molecule has 0 spiro atoms. The lowest BCUT2D eigenvalue weighted by Crippen LogP contribution is -2.51. The van der Waals surface area contributed by atoms with Crippen LogP contribution in [-0.4, -0.2) is 50.9 Å². The molecule has 2 amide bonds. The summed E-state index contributed by atoms with van der Waals surface area (Å²) in [6.07, 6.45) is 0. The van der Waals surface area contributed by atoms with E-state index < -0.39 is 34.3 Å². The number of hydrogen-bond acceptors (Lipinski definition) is 5. The van der Waals surface area contributed by atoms with Gasteiger partial charge >= 0.3 is 0 Å². The zero-order valence-corrected chi connectivity index (χ0v) is 25.1. The summed E-state index contributed by atoms with van der Waals surface area (Å²) in [6.45, 7) is 7.42. The molecule has 1 atom stereocenters. The van der Waals surface area contributed by atoms with Crippen molar-refractivity contribution in [1.29, 1.82) is 0 Å². The average Bonchev–Trinajstić information content (AvgIpc) is 2.94. The minimum Gasteiger partial charge on any atom is -0.494 e. The smallest absolute Gasteiger partial charge is 0.264 e. The highest BCUT2D eigenvalue weighted by atomic mass is 35.5. The molecule has 0 aliphatic heterocycles. The van der Waals surface area contributed by atoms with Gasteiger partial charge in [0.25, 0.3) is 10.0 Å². The molecule has 0 bridgehead atoms. The number of nitrogens with one attached hydrogen (secondary N) is 1. The van der Waals surface area contributed by atoms with Gasteiger partial charge in [0, 0.05) is 18.1 Å². The van der Waals surface area contributed by atoms with E-state index in [0.717, 1.165) is 16.4 Å². The van der Waals surface area contributed by atoms with Crippen molar-refractivity contribution in [2.75, 3.05) is 24.0 Å². The Morgan fingerprint density at radius 1 is 0.976 bits per heavy atom. The maximum atomic E-state index is 13.9. The first-order chi connectivity index (χ1) is 19.4. The third-order valence-corrected chi connectivity index (χ3v) is 8.42. The molecule has 0 fully saturated rings. The second-order valence-corrected chi connectivity index (χ2v) is 12.1. The molecular weight excluding hydrogens is 569 g/mol. The fraction of sp³-hybridized carbons (Fsp3) is 0.333. The predicted molar refractivity (Wildman–Crippen MR) is 158 cm³/mol. The van der Waals surface area contributed by atoms with E-state index in [4.69, 9.17) is 16.3 Å². The summed E-state index contributed by atoms with van der Waals surface area (Å²) in [4.78, 5) is 28.2. The summed E-state index contributed by atoms with van der Waals surface area (Å²) in [6, 6.07) is 16.6. The number of carbonyl (C=O) groups is 2. The number of hydrogen-bond donors (Lipinski definition) is 1. The Labute approximate surface area is 246 Å². The third kappa shape index (κ3) is 8.43. The summed E-state index contributed by atoms with van der Waals surface area (Å²) in [5.74, 6) is -0.915. The van der Waals surface area contributed by atoms with Crippen molar-refractivity contribution in [3.05, 3.63) is 89.2 Å². The molecule has 0 aromatic heterocycles. The van der Waals surface area contributed by atoms with Gasteiger partial charge < -0.3 is 15.0 Å². The number of nitrogens with zero attached hydrogens (tertiary/aromatic N) is 2. The van der Waals surface area contributed by atoms with Gasteiger partial charge in [-0.15, -0.1) is 0 Å². The minimum absolute atomic E-state index is 0.0326. The van der Waals surface area contributed by atoms with E-state index in [1.165, 1.54) is 41.3 Å². The molecule has 11 heteroatoms. The van der Waals surface area contributed by atoms with E-state index in [2.05, 4.69) is 5.32 Å². The first-order valence-electron chi connectivity index (χ1n) is 13.3. The molecule has 3 aromatic rings. The summed E-state index contributed by atoms with van der Waals surface area (Å²) < 4.78 is 47.8. The van der Waals surface area contributed by atoms with Crippen LogP contribution < -0.4 is 14.4 Å². The van der Waals surface area contributed by atoms with Crippen molar-refractivity contribution in [2.45, 2.75) is 45.2 Å². The summed E-state index contributed by atoms with van der Waals surface area (Å²) in [5, 5.41) is 3.23. The second-order valence-electron chi connectivity index (χ2n) is 9.82. The normalized spacial score (nSPS) is 12.1. The summed E-state index contributed by atoms with van der Waals surface area (Å²) in [5.41, 5.74) is 0.678. The van der Waals surface area contributed by atoms with Gasteiger partial charge in [-0.05, 0) is 79.9 Å². The largest absolute Gasteiger partial charge is 0.494 e. The van der Waals surface area contributed by atoms with E-state index in [1.807, 2.05) is 20.8 Å². The number of benzene rings is 3. The van der Waals surface area contributed by atoms with Crippen molar-refractivity contribution < 1.29 is 27.1 Å². The number of rotatable bonds is 13. The van der Waals surface area contributed by atoms with Crippen LogP contribution in [0, 0.1) is 11.7 Å². The summed E-state index contributed by atoms with van der Waals surface area (Å²) >= 11 is 6.37. The molecule has 0 saturated carbocycles. The Hall–Kier alpha value is -3.63. The number of halogens is 2. The van der Waals surface area contributed by atoms with Crippen LogP contribution in [0.3, 0.4) is 0 Å². The maximum Gasteiger partial charge on any atom is 0.264 e.